The van der Waals surface area contributed by atoms with Gasteiger partial charge in [-0.25, -0.2) is 0 Å². The second-order valence-corrected chi connectivity index (χ2v) is 7.64. The molecular formula is C13H20O6S2. The van der Waals surface area contributed by atoms with Crippen LogP contribution in [0.15, 0.2) is 0 Å². The Kier molecular flexibility index (Phi) is 7.37. The molecule has 1 heterocycles. The molecule has 120 valence electrons. The van der Waals surface area contributed by atoms with Gasteiger partial charge in [-0.1, -0.05) is 29.9 Å². The summed E-state index contributed by atoms with van der Waals surface area (Å²) in [6.45, 7) is 2.56. The minimum Gasteiger partial charge on any atom is -0.481 e. The molecule has 0 aromatic rings. The van der Waals surface area contributed by atoms with Crippen molar-refractivity contribution in [2.24, 2.45) is 0 Å². The normalized spacial score (nSPS) is 20.6. The molecule has 0 aliphatic carbocycles. The van der Waals surface area contributed by atoms with Crippen LogP contribution in [0.2, 0.25) is 0 Å². The molecule has 1 N–H and O–H groups in total. The number of rotatable bonds is 7. The van der Waals surface area contributed by atoms with Crippen LogP contribution in [-0.2, 0) is 23.9 Å². The Morgan fingerprint density at radius 3 is 2.33 bits per heavy atom. The highest BCUT2D eigenvalue weighted by molar-refractivity contribution is 8.18. The molecular weight excluding hydrogens is 316 g/mol. The van der Waals surface area contributed by atoms with E-state index in [2.05, 4.69) is 0 Å². The zero-order valence-corrected chi connectivity index (χ0v) is 13.8. The van der Waals surface area contributed by atoms with Crippen molar-refractivity contribution in [2.75, 3.05) is 5.75 Å². The molecule has 0 spiro atoms. The number of carbonyl (C=O) groups is 3. The molecule has 0 bridgehead atoms. The van der Waals surface area contributed by atoms with E-state index in [1.54, 1.807) is 0 Å². The zero-order chi connectivity index (χ0) is 15.9. The average molecular weight is 336 g/mol. The molecule has 6 nitrogen and oxygen atoms in total. The summed E-state index contributed by atoms with van der Waals surface area (Å²) in [4.78, 5) is 32.9. The van der Waals surface area contributed by atoms with Gasteiger partial charge in [0, 0.05) is 31.3 Å². The molecule has 0 aromatic carbocycles. The lowest BCUT2D eigenvalue weighted by Crippen LogP contribution is -2.38. The predicted octanol–water partition coefficient (Wildman–Crippen LogP) is 2.61. The second-order valence-electron chi connectivity index (χ2n) is 4.70. The van der Waals surface area contributed by atoms with Crippen LogP contribution in [0.25, 0.3) is 0 Å². The summed E-state index contributed by atoms with van der Waals surface area (Å²) in [6.07, 6.45) is 3.28. The Morgan fingerprint density at radius 1 is 1.19 bits per heavy atom. The summed E-state index contributed by atoms with van der Waals surface area (Å²) in [5.41, 5.74) is 0. The van der Waals surface area contributed by atoms with E-state index in [9.17, 15) is 14.4 Å². The standard InChI is InChI=1S/C13H20O6S2/c1-9(14)18-13(19-10(2)15)20-8-7-11(21-13)5-3-4-6-12(16)17/h11H,3-8H2,1-2H3,(H,16,17). The van der Waals surface area contributed by atoms with Crippen LogP contribution in [0.3, 0.4) is 0 Å². The highest BCUT2D eigenvalue weighted by Gasteiger charge is 2.44. The van der Waals surface area contributed by atoms with Crippen LogP contribution in [0, 0.1) is 0 Å². The van der Waals surface area contributed by atoms with Gasteiger partial charge in [0.15, 0.2) is 0 Å². The smallest absolute Gasteiger partial charge is 0.358 e. The SMILES string of the molecule is CC(=O)OC1(OC(C)=O)SCCC(CCCCC(=O)O)S1. The van der Waals surface area contributed by atoms with Crippen molar-refractivity contribution in [1.29, 1.82) is 0 Å². The highest BCUT2D eigenvalue weighted by atomic mass is 32.2. The number of thioether (sulfide) groups is 2. The van der Waals surface area contributed by atoms with Gasteiger partial charge in [-0.15, -0.1) is 0 Å². The van der Waals surface area contributed by atoms with E-state index in [1.165, 1.54) is 37.4 Å². The maximum atomic E-state index is 11.2. The molecule has 1 rings (SSSR count). The molecule has 1 atom stereocenters. The lowest BCUT2D eigenvalue weighted by molar-refractivity contribution is -0.175. The number of hydrogen-bond donors (Lipinski definition) is 1. The first-order chi connectivity index (χ1) is 9.83. The first-order valence-electron chi connectivity index (χ1n) is 6.76. The molecule has 1 aliphatic rings. The quantitative estimate of drug-likeness (QED) is 0.431. The van der Waals surface area contributed by atoms with Crippen molar-refractivity contribution in [2.45, 2.75) is 55.7 Å². The van der Waals surface area contributed by atoms with Gasteiger partial charge in [0.1, 0.15) is 0 Å². The van der Waals surface area contributed by atoms with Gasteiger partial charge in [0.25, 0.3) is 0 Å². The molecule has 1 aliphatic heterocycles. The van der Waals surface area contributed by atoms with E-state index < -0.39 is 22.4 Å². The van der Waals surface area contributed by atoms with E-state index in [0.29, 0.717) is 6.42 Å². The lowest BCUT2D eigenvalue weighted by atomic mass is 10.1. The predicted molar refractivity (Wildman–Crippen MR) is 80.8 cm³/mol. The number of aliphatic carboxylic acids is 1. The van der Waals surface area contributed by atoms with Crippen LogP contribution < -0.4 is 0 Å². The van der Waals surface area contributed by atoms with Gasteiger partial charge in [0.05, 0.1) is 0 Å². The molecule has 1 saturated heterocycles. The average Bonchev–Trinajstić information content (AvgIpc) is 2.32. The van der Waals surface area contributed by atoms with Gasteiger partial charge < -0.3 is 14.6 Å². The number of ether oxygens (including phenoxy) is 2. The molecule has 1 unspecified atom stereocenters. The minimum atomic E-state index is -1.30. The van der Waals surface area contributed by atoms with Gasteiger partial charge in [-0.05, 0) is 19.3 Å². The largest absolute Gasteiger partial charge is 0.481 e. The molecule has 0 saturated carbocycles. The third-order valence-electron chi connectivity index (χ3n) is 2.73. The Balaban J connectivity index is 2.54. The number of carboxylic acids is 1. The summed E-state index contributed by atoms with van der Waals surface area (Å²) in [6, 6.07) is 0. The summed E-state index contributed by atoms with van der Waals surface area (Å²) in [5, 5.41) is 8.79. The summed E-state index contributed by atoms with van der Waals surface area (Å²) in [7, 11) is 0. The topological polar surface area (TPSA) is 89.9 Å². The van der Waals surface area contributed by atoms with Crippen molar-refractivity contribution in [3.05, 3.63) is 0 Å². The Hall–Kier alpha value is -0.890. The second kappa shape index (κ2) is 8.53. The molecule has 0 aromatic heterocycles. The highest BCUT2D eigenvalue weighted by Crippen LogP contribution is 2.49. The first-order valence-corrected chi connectivity index (χ1v) is 8.62. The Bertz CT molecular complexity index is 382. The maximum absolute atomic E-state index is 11.2. The van der Waals surface area contributed by atoms with Crippen molar-refractivity contribution in [3.63, 3.8) is 0 Å². The van der Waals surface area contributed by atoms with E-state index in [-0.39, 0.29) is 11.7 Å². The molecule has 0 amide bonds. The van der Waals surface area contributed by atoms with Crippen LogP contribution >= 0.6 is 23.5 Å². The van der Waals surface area contributed by atoms with E-state index in [1.807, 2.05) is 0 Å². The monoisotopic (exact) mass is 336 g/mol. The van der Waals surface area contributed by atoms with Gasteiger partial charge in [-0.2, -0.15) is 0 Å². The minimum absolute atomic E-state index is 0.158. The van der Waals surface area contributed by atoms with Crippen LogP contribution in [0.1, 0.15) is 46.0 Å². The van der Waals surface area contributed by atoms with Gasteiger partial charge in [-0.3, -0.25) is 14.4 Å². The number of esters is 2. The third kappa shape index (κ3) is 7.08. The fraction of sp³-hybridized carbons (Fsp3) is 0.769. The summed E-state index contributed by atoms with van der Waals surface area (Å²) >= 11 is 2.62. The van der Waals surface area contributed by atoms with Crippen molar-refractivity contribution < 1.29 is 29.0 Å². The fourth-order valence-electron chi connectivity index (χ4n) is 1.94. The van der Waals surface area contributed by atoms with Gasteiger partial charge >= 0.3 is 22.4 Å². The van der Waals surface area contributed by atoms with Crippen LogP contribution in [0.4, 0.5) is 0 Å². The Morgan fingerprint density at radius 2 is 1.81 bits per heavy atom. The van der Waals surface area contributed by atoms with E-state index in [4.69, 9.17) is 14.6 Å². The van der Waals surface area contributed by atoms with E-state index in [0.717, 1.165) is 25.0 Å². The summed E-state index contributed by atoms with van der Waals surface area (Å²) in [5.74, 6) is -1.07. The molecule has 0 radical (unpaired) electrons. The van der Waals surface area contributed by atoms with Crippen LogP contribution in [0.5, 0.6) is 0 Å². The van der Waals surface area contributed by atoms with Crippen molar-refractivity contribution >= 4 is 41.4 Å². The zero-order valence-electron chi connectivity index (χ0n) is 12.1. The number of carboxylic acid groups (broad SMARTS) is 1. The third-order valence-corrected chi connectivity index (χ3v) is 5.60. The molecule has 1 fully saturated rings. The maximum Gasteiger partial charge on any atom is 0.358 e. The Labute approximate surface area is 132 Å². The lowest BCUT2D eigenvalue weighted by Gasteiger charge is -2.37. The first kappa shape index (κ1) is 18.2. The molecule has 21 heavy (non-hydrogen) atoms. The number of carbonyl (C=O) groups excluding carboxylic acids is 2. The van der Waals surface area contributed by atoms with Gasteiger partial charge in [0.2, 0.25) is 0 Å². The van der Waals surface area contributed by atoms with Crippen LogP contribution in [-0.4, -0.2) is 38.5 Å². The number of unbranched alkanes of at least 4 members (excludes halogenated alkanes) is 1. The van der Waals surface area contributed by atoms with Crippen molar-refractivity contribution in [1.82, 2.24) is 0 Å². The summed E-state index contributed by atoms with van der Waals surface area (Å²) < 4.78 is 9.13. The molecule has 8 heteroatoms. The fourth-order valence-corrected chi connectivity index (χ4v) is 5.29. The van der Waals surface area contributed by atoms with Crippen molar-refractivity contribution in [3.8, 4) is 0 Å². The number of hydrogen-bond acceptors (Lipinski definition) is 7. The van der Waals surface area contributed by atoms with E-state index >= 15 is 0 Å².